The third-order valence-electron chi connectivity index (χ3n) is 3.09. The van der Waals surface area contributed by atoms with Crippen LogP contribution >= 0.6 is 11.3 Å². The van der Waals surface area contributed by atoms with E-state index in [4.69, 9.17) is 0 Å². The zero-order valence-electron chi connectivity index (χ0n) is 10.5. The highest BCUT2D eigenvalue weighted by atomic mass is 32.1. The Kier molecular flexibility index (Phi) is 4.90. The molecule has 0 aliphatic carbocycles. The Balaban J connectivity index is 2.03. The number of aryl methyl sites for hydroxylation is 1. The maximum Gasteiger partial charge on any atom is 0.123 e. The minimum absolute atomic E-state index is 0.148. The van der Waals surface area contributed by atoms with Gasteiger partial charge in [-0.05, 0) is 54.9 Å². The van der Waals surface area contributed by atoms with Gasteiger partial charge in [0.25, 0.3) is 0 Å². The minimum Gasteiger partial charge on any atom is -0.319 e. The van der Waals surface area contributed by atoms with Crippen molar-refractivity contribution >= 4 is 11.3 Å². The van der Waals surface area contributed by atoms with Gasteiger partial charge >= 0.3 is 0 Å². The SMILES string of the molecule is CNCC(CCc1cccs1)c1cccc(F)c1. The van der Waals surface area contributed by atoms with Crippen LogP contribution in [0.4, 0.5) is 4.39 Å². The summed E-state index contributed by atoms with van der Waals surface area (Å²) in [6, 6.07) is 11.2. The summed E-state index contributed by atoms with van der Waals surface area (Å²) in [5.74, 6) is 0.220. The summed E-state index contributed by atoms with van der Waals surface area (Å²) in [4.78, 5) is 1.40. The Hall–Kier alpha value is -1.19. The molecule has 0 aliphatic heterocycles. The van der Waals surface area contributed by atoms with E-state index in [0.29, 0.717) is 5.92 Å². The average molecular weight is 263 g/mol. The highest BCUT2D eigenvalue weighted by Gasteiger charge is 2.11. The van der Waals surface area contributed by atoms with Gasteiger partial charge in [0.15, 0.2) is 0 Å². The van der Waals surface area contributed by atoms with Crippen LogP contribution < -0.4 is 5.32 Å². The quantitative estimate of drug-likeness (QED) is 0.835. The molecule has 2 aromatic rings. The van der Waals surface area contributed by atoms with Gasteiger partial charge in [-0.2, -0.15) is 0 Å². The predicted octanol–water partition coefficient (Wildman–Crippen LogP) is 3.82. The number of likely N-dealkylation sites (N-methyl/N-ethyl adjacent to an activating group) is 1. The molecule has 1 N–H and O–H groups in total. The first-order valence-corrected chi connectivity index (χ1v) is 7.10. The van der Waals surface area contributed by atoms with Crippen molar-refractivity contribution in [1.82, 2.24) is 5.32 Å². The summed E-state index contributed by atoms with van der Waals surface area (Å²) in [5, 5.41) is 5.30. The number of halogens is 1. The lowest BCUT2D eigenvalue weighted by Gasteiger charge is -2.16. The van der Waals surface area contributed by atoms with Crippen molar-refractivity contribution in [1.29, 1.82) is 0 Å². The molecule has 0 aliphatic rings. The molecule has 1 atom stereocenters. The Morgan fingerprint density at radius 1 is 1.28 bits per heavy atom. The number of benzene rings is 1. The second-order valence-corrected chi connectivity index (χ2v) is 5.46. The number of thiophene rings is 1. The molecule has 1 aromatic carbocycles. The van der Waals surface area contributed by atoms with Crippen molar-refractivity contribution in [2.45, 2.75) is 18.8 Å². The molecule has 0 amide bonds. The van der Waals surface area contributed by atoms with Crippen molar-refractivity contribution < 1.29 is 4.39 Å². The molecular formula is C15H18FNS. The fraction of sp³-hybridized carbons (Fsp3) is 0.333. The van der Waals surface area contributed by atoms with E-state index >= 15 is 0 Å². The van der Waals surface area contributed by atoms with Crippen LogP contribution in [0.1, 0.15) is 22.8 Å². The van der Waals surface area contributed by atoms with Crippen LogP contribution in [-0.4, -0.2) is 13.6 Å². The topological polar surface area (TPSA) is 12.0 Å². The number of hydrogen-bond acceptors (Lipinski definition) is 2. The fourth-order valence-corrected chi connectivity index (χ4v) is 2.89. The molecule has 1 heterocycles. The Morgan fingerprint density at radius 3 is 2.83 bits per heavy atom. The van der Waals surface area contributed by atoms with Crippen LogP contribution in [0.5, 0.6) is 0 Å². The third-order valence-corrected chi connectivity index (χ3v) is 4.03. The van der Waals surface area contributed by atoms with E-state index in [1.54, 1.807) is 23.5 Å². The molecule has 2 rings (SSSR count). The molecule has 0 saturated heterocycles. The monoisotopic (exact) mass is 263 g/mol. The maximum absolute atomic E-state index is 13.3. The van der Waals surface area contributed by atoms with Gasteiger partial charge in [0.1, 0.15) is 5.82 Å². The van der Waals surface area contributed by atoms with Crippen LogP contribution in [-0.2, 0) is 6.42 Å². The van der Waals surface area contributed by atoms with E-state index in [2.05, 4.69) is 22.8 Å². The van der Waals surface area contributed by atoms with Crippen LogP contribution in [0.15, 0.2) is 41.8 Å². The lowest BCUT2D eigenvalue weighted by Crippen LogP contribution is -2.18. The second kappa shape index (κ2) is 6.66. The molecule has 0 saturated carbocycles. The van der Waals surface area contributed by atoms with Gasteiger partial charge < -0.3 is 5.32 Å². The van der Waals surface area contributed by atoms with Crippen LogP contribution in [0, 0.1) is 5.82 Å². The number of hydrogen-bond donors (Lipinski definition) is 1. The summed E-state index contributed by atoms with van der Waals surface area (Å²) in [5.41, 5.74) is 1.08. The maximum atomic E-state index is 13.3. The van der Waals surface area contributed by atoms with Crippen molar-refractivity contribution in [3.8, 4) is 0 Å². The molecule has 0 bridgehead atoms. The van der Waals surface area contributed by atoms with Crippen LogP contribution in [0.2, 0.25) is 0 Å². The standard InChI is InChI=1S/C15H18FNS/c1-17-11-13(7-8-15-6-3-9-18-15)12-4-2-5-14(16)10-12/h2-6,9-10,13,17H,7-8,11H2,1H3. The van der Waals surface area contributed by atoms with Crippen molar-refractivity contribution in [2.75, 3.05) is 13.6 Å². The molecule has 0 radical (unpaired) electrons. The smallest absolute Gasteiger partial charge is 0.123 e. The Labute approximate surface area is 112 Å². The highest BCUT2D eigenvalue weighted by Crippen LogP contribution is 2.23. The van der Waals surface area contributed by atoms with Gasteiger partial charge in [0, 0.05) is 11.4 Å². The molecule has 96 valence electrons. The molecule has 3 heteroatoms. The first-order valence-electron chi connectivity index (χ1n) is 6.22. The molecule has 1 nitrogen and oxygen atoms in total. The van der Waals surface area contributed by atoms with Gasteiger partial charge in [0.2, 0.25) is 0 Å². The van der Waals surface area contributed by atoms with E-state index in [0.717, 1.165) is 24.9 Å². The summed E-state index contributed by atoms with van der Waals surface area (Å²) in [7, 11) is 1.94. The van der Waals surface area contributed by atoms with Gasteiger partial charge in [-0.25, -0.2) is 4.39 Å². The molecule has 0 spiro atoms. The average Bonchev–Trinajstić information content (AvgIpc) is 2.87. The van der Waals surface area contributed by atoms with Crippen LogP contribution in [0.25, 0.3) is 0 Å². The zero-order valence-corrected chi connectivity index (χ0v) is 11.3. The zero-order chi connectivity index (χ0) is 12.8. The van der Waals surface area contributed by atoms with E-state index in [1.807, 2.05) is 13.1 Å². The molecule has 18 heavy (non-hydrogen) atoms. The van der Waals surface area contributed by atoms with Crippen molar-refractivity contribution in [3.05, 3.63) is 58.0 Å². The first kappa shape index (κ1) is 13.2. The lowest BCUT2D eigenvalue weighted by molar-refractivity contribution is 0.575. The van der Waals surface area contributed by atoms with E-state index in [9.17, 15) is 4.39 Å². The van der Waals surface area contributed by atoms with Gasteiger partial charge in [-0.3, -0.25) is 0 Å². The Morgan fingerprint density at radius 2 is 2.17 bits per heavy atom. The first-order chi connectivity index (χ1) is 8.79. The third kappa shape index (κ3) is 3.65. The second-order valence-electron chi connectivity index (χ2n) is 4.43. The minimum atomic E-state index is -0.148. The van der Waals surface area contributed by atoms with Crippen molar-refractivity contribution in [2.24, 2.45) is 0 Å². The van der Waals surface area contributed by atoms with Crippen LogP contribution in [0.3, 0.4) is 0 Å². The summed E-state index contributed by atoms with van der Waals surface area (Å²) >= 11 is 1.79. The lowest BCUT2D eigenvalue weighted by atomic mass is 9.94. The van der Waals surface area contributed by atoms with E-state index in [-0.39, 0.29) is 5.82 Å². The van der Waals surface area contributed by atoms with E-state index < -0.39 is 0 Å². The summed E-state index contributed by atoms with van der Waals surface area (Å²) in [6.45, 7) is 0.884. The number of nitrogens with one attached hydrogen (secondary N) is 1. The largest absolute Gasteiger partial charge is 0.319 e. The number of rotatable bonds is 6. The normalized spacial score (nSPS) is 12.6. The predicted molar refractivity (Wildman–Crippen MR) is 75.7 cm³/mol. The van der Waals surface area contributed by atoms with Gasteiger partial charge in [0.05, 0.1) is 0 Å². The molecule has 1 aromatic heterocycles. The summed E-state index contributed by atoms with van der Waals surface area (Å²) < 4.78 is 13.3. The molecule has 0 fully saturated rings. The molecular weight excluding hydrogens is 245 g/mol. The van der Waals surface area contributed by atoms with Gasteiger partial charge in [-0.15, -0.1) is 11.3 Å². The van der Waals surface area contributed by atoms with E-state index in [1.165, 1.54) is 10.9 Å². The van der Waals surface area contributed by atoms with Gasteiger partial charge in [-0.1, -0.05) is 18.2 Å². The highest BCUT2D eigenvalue weighted by molar-refractivity contribution is 7.09. The molecule has 1 unspecified atom stereocenters. The van der Waals surface area contributed by atoms with Crippen molar-refractivity contribution in [3.63, 3.8) is 0 Å². The summed E-state index contributed by atoms with van der Waals surface area (Å²) in [6.07, 6.45) is 2.10. The Bertz CT molecular complexity index is 467. The fourth-order valence-electron chi connectivity index (χ4n) is 2.16.